The van der Waals surface area contributed by atoms with E-state index in [1.54, 1.807) is 16.4 Å². The Morgan fingerprint density at radius 2 is 1.86 bits per heavy atom. The van der Waals surface area contributed by atoms with Crippen molar-refractivity contribution in [2.75, 3.05) is 5.32 Å². The zero-order valence-electron chi connectivity index (χ0n) is 20.0. The van der Waals surface area contributed by atoms with Crippen molar-refractivity contribution >= 4 is 40.1 Å². The van der Waals surface area contributed by atoms with Crippen molar-refractivity contribution in [1.29, 1.82) is 0 Å². The molecule has 2 aromatic heterocycles. The van der Waals surface area contributed by atoms with Crippen LogP contribution in [0.25, 0.3) is 11.0 Å². The van der Waals surface area contributed by atoms with E-state index < -0.39 is 22.4 Å². The lowest BCUT2D eigenvalue weighted by Crippen LogP contribution is -2.55. The lowest BCUT2D eigenvalue weighted by Gasteiger charge is -2.43. The summed E-state index contributed by atoms with van der Waals surface area (Å²) < 4.78 is 20.6. The van der Waals surface area contributed by atoms with Gasteiger partial charge in [-0.2, -0.15) is 0 Å². The molecule has 35 heavy (non-hydrogen) atoms. The van der Waals surface area contributed by atoms with Crippen LogP contribution in [0.15, 0.2) is 53.7 Å². The molecule has 1 spiro atoms. The van der Waals surface area contributed by atoms with Gasteiger partial charge < -0.3 is 19.5 Å². The number of nitrogens with one attached hydrogen (secondary N) is 1. The van der Waals surface area contributed by atoms with Gasteiger partial charge in [0, 0.05) is 23.0 Å². The molecule has 1 aromatic carbocycles. The molecule has 2 amide bonds. The average Bonchev–Trinajstić information content (AvgIpc) is 3.44. The summed E-state index contributed by atoms with van der Waals surface area (Å²) in [7, 11) is 0. The predicted octanol–water partition coefficient (Wildman–Crippen LogP) is 4.36. The molecular formula is C26H28N4O4S. The van der Waals surface area contributed by atoms with E-state index in [4.69, 9.17) is 4.74 Å². The number of pyridine rings is 1. The van der Waals surface area contributed by atoms with Crippen LogP contribution in [0.4, 0.5) is 10.5 Å². The number of hydrogen-bond donors (Lipinski definition) is 1. The maximum Gasteiger partial charge on any atom is 0.410 e. The van der Waals surface area contributed by atoms with Gasteiger partial charge in [0.1, 0.15) is 17.0 Å². The van der Waals surface area contributed by atoms with Crippen LogP contribution in [0, 0.1) is 0 Å². The fraction of sp³-hybridized carbons (Fsp3) is 0.423. The highest BCUT2D eigenvalue weighted by atomic mass is 32.2. The highest BCUT2D eigenvalue weighted by Gasteiger charge is 2.58. The molecule has 1 N–H and O–H groups in total. The minimum Gasteiger partial charge on any atom is -0.587 e. The number of rotatable bonds is 2. The number of benzene rings is 1. The van der Waals surface area contributed by atoms with Crippen LogP contribution in [0.2, 0.25) is 0 Å². The number of amides is 2. The van der Waals surface area contributed by atoms with Crippen molar-refractivity contribution in [1.82, 2.24) is 13.9 Å². The second kappa shape index (κ2) is 7.73. The van der Waals surface area contributed by atoms with Crippen LogP contribution < -0.4 is 5.32 Å². The summed E-state index contributed by atoms with van der Waals surface area (Å²) in [5, 5.41) is 3.88. The number of fused-ring (bicyclic) bond motifs is 6. The van der Waals surface area contributed by atoms with Crippen molar-refractivity contribution in [3.8, 4) is 0 Å². The normalized spacial score (nSPS) is 26.2. The van der Waals surface area contributed by atoms with Crippen molar-refractivity contribution in [3.05, 3.63) is 54.4 Å². The maximum absolute atomic E-state index is 13.5. The Balaban J connectivity index is 1.39. The third-order valence-electron chi connectivity index (χ3n) is 7.36. The van der Waals surface area contributed by atoms with E-state index in [1.807, 2.05) is 62.1 Å². The first kappa shape index (κ1) is 22.4. The van der Waals surface area contributed by atoms with Gasteiger partial charge in [-0.25, -0.2) is 9.78 Å². The molecule has 2 fully saturated rings. The maximum atomic E-state index is 13.5. The Bertz CT molecular complexity index is 1320. The van der Waals surface area contributed by atoms with Crippen LogP contribution >= 0.6 is 0 Å². The van der Waals surface area contributed by atoms with Crippen molar-refractivity contribution in [2.24, 2.45) is 0 Å². The van der Waals surface area contributed by atoms with Crippen LogP contribution in [-0.4, -0.2) is 48.1 Å². The first-order chi connectivity index (χ1) is 16.7. The van der Waals surface area contributed by atoms with Gasteiger partial charge in [-0.3, -0.25) is 4.79 Å². The standard InChI is InChI=1S/C26H28N4O4S/c1-25(2,3)34-24(32)30-16-9-10-17(30)14-26(13-16)21-19-11-12-29(35(33)18-7-5-4-6-8-18)22(19)27-15-20(21)28-23(26)31/h4-8,11-12,15-17H,9-10,13-14H2,1-3H3,(H,28,31). The molecular weight excluding hydrogens is 464 g/mol. The molecule has 6 rings (SSSR count). The number of aromatic nitrogens is 2. The fourth-order valence-corrected chi connectivity index (χ4v) is 7.16. The van der Waals surface area contributed by atoms with E-state index in [2.05, 4.69) is 10.3 Å². The Morgan fingerprint density at radius 3 is 2.51 bits per heavy atom. The van der Waals surface area contributed by atoms with Crippen molar-refractivity contribution < 1.29 is 18.9 Å². The molecule has 3 unspecified atom stereocenters. The monoisotopic (exact) mass is 492 g/mol. The molecule has 0 radical (unpaired) electrons. The summed E-state index contributed by atoms with van der Waals surface area (Å²) >= 11 is -1.46. The van der Waals surface area contributed by atoms with Gasteiger partial charge in [-0.05, 0) is 64.7 Å². The topological polar surface area (TPSA) is 99.5 Å². The van der Waals surface area contributed by atoms with Crippen LogP contribution in [0.1, 0.15) is 52.0 Å². The molecule has 8 nitrogen and oxygen atoms in total. The van der Waals surface area contributed by atoms with E-state index in [0.29, 0.717) is 29.1 Å². The number of nitrogens with zero attached hydrogens (tertiary/aromatic N) is 3. The second-order valence-electron chi connectivity index (χ2n) is 10.7. The summed E-state index contributed by atoms with van der Waals surface area (Å²) in [5.41, 5.74) is 0.885. The second-order valence-corrected chi connectivity index (χ2v) is 12.1. The third kappa shape index (κ3) is 3.43. The summed E-state index contributed by atoms with van der Waals surface area (Å²) in [6.07, 6.45) is 5.92. The molecule has 0 saturated carbocycles. The highest BCUT2D eigenvalue weighted by molar-refractivity contribution is 7.90. The summed E-state index contributed by atoms with van der Waals surface area (Å²) in [5.74, 6) is -0.0422. The van der Waals surface area contributed by atoms with E-state index >= 15 is 0 Å². The summed E-state index contributed by atoms with van der Waals surface area (Å²) in [6, 6.07) is 11.0. The zero-order valence-corrected chi connectivity index (χ0v) is 20.8. The van der Waals surface area contributed by atoms with Crippen LogP contribution in [-0.2, 0) is 26.3 Å². The molecule has 9 heteroatoms. The molecule has 3 aliphatic rings. The largest absolute Gasteiger partial charge is 0.587 e. The van der Waals surface area contributed by atoms with Crippen LogP contribution in [0.3, 0.4) is 0 Å². The van der Waals surface area contributed by atoms with Gasteiger partial charge in [0.25, 0.3) is 0 Å². The quantitative estimate of drug-likeness (QED) is 0.536. The fourth-order valence-electron chi connectivity index (χ4n) is 6.07. The Labute approximate surface area is 207 Å². The number of carbonyl (C=O) groups is 2. The SMILES string of the molecule is CC(C)(C)OC(=O)N1C2CCC1CC1(C2)C(=O)Nc2cnc3c(ccn3[S+]([O-])c3ccccc3)c21. The number of carbonyl (C=O) groups excluding carboxylic acids is 2. The number of hydrogen-bond acceptors (Lipinski definition) is 5. The van der Waals surface area contributed by atoms with E-state index in [9.17, 15) is 14.1 Å². The highest BCUT2D eigenvalue weighted by Crippen LogP contribution is 2.54. The first-order valence-electron chi connectivity index (χ1n) is 12.0. The molecule has 3 aliphatic heterocycles. The minimum absolute atomic E-state index is 0.0422. The number of piperidine rings is 1. The van der Waals surface area contributed by atoms with Crippen molar-refractivity contribution in [2.45, 2.75) is 74.4 Å². The molecule has 0 aliphatic carbocycles. The van der Waals surface area contributed by atoms with Gasteiger partial charge >= 0.3 is 6.09 Å². The predicted molar refractivity (Wildman–Crippen MR) is 132 cm³/mol. The summed E-state index contributed by atoms with van der Waals surface area (Å²) in [6.45, 7) is 5.60. The summed E-state index contributed by atoms with van der Waals surface area (Å²) in [4.78, 5) is 33.6. The van der Waals surface area contributed by atoms with E-state index in [-0.39, 0.29) is 24.1 Å². The Kier molecular flexibility index (Phi) is 4.95. The zero-order chi connectivity index (χ0) is 24.5. The molecule has 5 heterocycles. The van der Waals surface area contributed by atoms with Gasteiger partial charge in [-0.15, -0.1) is 3.97 Å². The Hall–Kier alpha value is -3.04. The third-order valence-corrected chi connectivity index (χ3v) is 8.69. The van der Waals surface area contributed by atoms with Crippen LogP contribution in [0.5, 0.6) is 0 Å². The first-order valence-corrected chi connectivity index (χ1v) is 13.1. The number of ether oxygens (including phenoxy) is 1. The molecule has 3 atom stereocenters. The lowest BCUT2D eigenvalue weighted by atomic mass is 9.70. The molecule has 3 aromatic rings. The minimum atomic E-state index is -1.46. The van der Waals surface area contributed by atoms with Gasteiger partial charge in [0.15, 0.2) is 10.5 Å². The lowest BCUT2D eigenvalue weighted by molar-refractivity contribution is -0.123. The van der Waals surface area contributed by atoms with Gasteiger partial charge in [0.05, 0.1) is 23.5 Å². The Morgan fingerprint density at radius 1 is 1.17 bits per heavy atom. The number of anilines is 1. The molecule has 2 bridgehead atoms. The molecule has 182 valence electrons. The van der Waals surface area contributed by atoms with E-state index in [1.165, 1.54) is 0 Å². The smallest absolute Gasteiger partial charge is 0.410 e. The van der Waals surface area contributed by atoms with Gasteiger partial charge in [0.2, 0.25) is 5.91 Å². The van der Waals surface area contributed by atoms with Gasteiger partial charge in [-0.1, -0.05) is 18.2 Å². The van der Waals surface area contributed by atoms with Crippen molar-refractivity contribution in [3.63, 3.8) is 0 Å². The average molecular weight is 493 g/mol. The van der Waals surface area contributed by atoms with E-state index in [0.717, 1.165) is 23.8 Å². The molecule has 2 saturated heterocycles.